The Bertz CT molecular complexity index is 248. The molecule has 1 heterocycles. The first-order valence-corrected chi connectivity index (χ1v) is 3.86. The van der Waals surface area contributed by atoms with Crippen LogP contribution in [0.3, 0.4) is 0 Å². The van der Waals surface area contributed by atoms with Gasteiger partial charge in [-0.1, -0.05) is 6.92 Å². The highest BCUT2D eigenvalue weighted by Gasteiger charge is 1.99. The lowest BCUT2D eigenvalue weighted by Crippen LogP contribution is -1.78. The van der Waals surface area contributed by atoms with E-state index in [9.17, 15) is 0 Å². The minimum Gasteiger partial charge on any atom is -0.198 e. The summed E-state index contributed by atoms with van der Waals surface area (Å²) in [6, 6.07) is 2.03. The first-order chi connectivity index (χ1) is 4.86. The molecule has 0 atom stereocenters. The second-order valence-corrected chi connectivity index (χ2v) is 2.92. The van der Waals surface area contributed by atoms with Gasteiger partial charge in [0.15, 0.2) is 0 Å². The van der Waals surface area contributed by atoms with Crippen LogP contribution >= 0.6 is 11.3 Å². The predicted molar refractivity (Wildman–Crippen MR) is 38.6 cm³/mol. The van der Waals surface area contributed by atoms with Crippen LogP contribution in [-0.2, 0) is 12.8 Å². The Morgan fingerprint density at radius 3 is 2.70 bits per heavy atom. The van der Waals surface area contributed by atoms with Crippen molar-refractivity contribution in [1.29, 1.82) is 5.26 Å². The van der Waals surface area contributed by atoms with Crippen LogP contribution in [0.25, 0.3) is 0 Å². The van der Waals surface area contributed by atoms with E-state index in [0.717, 1.165) is 16.4 Å². The van der Waals surface area contributed by atoms with E-state index in [-0.39, 0.29) is 0 Å². The van der Waals surface area contributed by atoms with E-state index in [1.807, 2.05) is 13.0 Å². The third-order valence-electron chi connectivity index (χ3n) is 1.04. The second-order valence-electron chi connectivity index (χ2n) is 1.78. The molecule has 0 aliphatic heterocycles. The summed E-state index contributed by atoms with van der Waals surface area (Å²) in [4.78, 5) is 0. The number of hydrogen-bond acceptors (Lipinski definition) is 4. The van der Waals surface area contributed by atoms with Crippen molar-refractivity contribution in [3.8, 4) is 6.07 Å². The van der Waals surface area contributed by atoms with Gasteiger partial charge in [0.05, 0.1) is 12.5 Å². The van der Waals surface area contributed by atoms with Crippen LogP contribution in [0, 0.1) is 11.3 Å². The molecule has 0 unspecified atom stereocenters. The molecule has 4 heteroatoms. The van der Waals surface area contributed by atoms with Crippen molar-refractivity contribution in [3.63, 3.8) is 0 Å². The van der Waals surface area contributed by atoms with Gasteiger partial charge in [-0.25, -0.2) is 0 Å². The Morgan fingerprint density at radius 2 is 2.20 bits per heavy atom. The minimum atomic E-state index is 0.387. The summed E-state index contributed by atoms with van der Waals surface area (Å²) in [6.45, 7) is 2.02. The molecule has 3 nitrogen and oxygen atoms in total. The van der Waals surface area contributed by atoms with E-state index in [4.69, 9.17) is 5.26 Å². The fraction of sp³-hybridized carbons (Fsp3) is 0.500. The molecule has 0 aliphatic carbocycles. The Labute approximate surface area is 63.3 Å². The zero-order chi connectivity index (χ0) is 7.40. The molecular weight excluding hydrogens is 146 g/mol. The van der Waals surface area contributed by atoms with Gasteiger partial charge >= 0.3 is 0 Å². The van der Waals surface area contributed by atoms with Crippen LogP contribution in [0.2, 0.25) is 0 Å². The fourth-order valence-electron chi connectivity index (χ4n) is 0.570. The minimum absolute atomic E-state index is 0.387. The summed E-state index contributed by atoms with van der Waals surface area (Å²) >= 11 is 1.51. The number of hydrogen-bond donors (Lipinski definition) is 0. The SMILES string of the molecule is CCc1nnc(CC#N)s1. The lowest BCUT2D eigenvalue weighted by molar-refractivity contribution is 0.953. The van der Waals surface area contributed by atoms with Crippen LogP contribution in [0.4, 0.5) is 0 Å². The van der Waals surface area contributed by atoms with Crippen LogP contribution < -0.4 is 0 Å². The van der Waals surface area contributed by atoms with E-state index >= 15 is 0 Å². The Hall–Kier alpha value is -0.950. The predicted octanol–water partition coefficient (Wildman–Crippen LogP) is 1.17. The van der Waals surface area contributed by atoms with Gasteiger partial charge in [0.2, 0.25) is 0 Å². The first kappa shape index (κ1) is 7.16. The summed E-state index contributed by atoms with van der Waals surface area (Å²) in [7, 11) is 0. The molecule has 1 aromatic rings. The molecule has 0 amide bonds. The van der Waals surface area contributed by atoms with Gasteiger partial charge in [-0.15, -0.1) is 21.5 Å². The van der Waals surface area contributed by atoms with Gasteiger partial charge in [-0.05, 0) is 6.42 Å². The van der Waals surface area contributed by atoms with E-state index in [0.29, 0.717) is 6.42 Å². The lowest BCUT2D eigenvalue weighted by Gasteiger charge is -1.77. The van der Waals surface area contributed by atoms with Crippen LogP contribution in [-0.4, -0.2) is 10.2 Å². The number of aromatic nitrogens is 2. The molecule has 10 heavy (non-hydrogen) atoms. The fourth-order valence-corrected chi connectivity index (χ4v) is 1.29. The maximum absolute atomic E-state index is 8.29. The van der Waals surface area contributed by atoms with Crippen LogP contribution in [0.1, 0.15) is 16.9 Å². The smallest absolute Gasteiger partial charge is 0.131 e. The normalized spacial score (nSPS) is 9.20. The molecule has 0 saturated carbocycles. The molecule has 0 bridgehead atoms. The summed E-state index contributed by atoms with van der Waals surface area (Å²) in [5.41, 5.74) is 0. The number of nitrogens with zero attached hydrogens (tertiary/aromatic N) is 3. The quantitative estimate of drug-likeness (QED) is 0.640. The van der Waals surface area contributed by atoms with Crippen molar-refractivity contribution in [1.82, 2.24) is 10.2 Å². The second kappa shape index (κ2) is 3.28. The monoisotopic (exact) mass is 153 g/mol. The average Bonchev–Trinajstić information content (AvgIpc) is 2.37. The van der Waals surface area contributed by atoms with Crippen LogP contribution in [0.5, 0.6) is 0 Å². The first-order valence-electron chi connectivity index (χ1n) is 3.05. The molecule has 52 valence electrons. The van der Waals surface area contributed by atoms with Gasteiger partial charge in [-0.2, -0.15) is 5.26 Å². The molecule has 0 radical (unpaired) electrons. The van der Waals surface area contributed by atoms with E-state index in [2.05, 4.69) is 10.2 Å². The van der Waals surface area contributed by atoms with Gasteiger partial charge < -0.3 is 0 Å². The number of nitriles is 1. The highest BCUT2D eigenvalue weighted by atomic mass is 32.1. The van der Waals surface area contributed by atoms with Crippen molar-refractivity contribution in [2.75, 3.05) is 0 Å². The molecule has 0 spiro atoms. The Balaban J connectivity index is 2.70. The van der Waals surface area contributed by atoms with Crippen molar-refractivity contribution < 1.29 is 0 Å². The summed E-state index contributed by atoms with van der Waals surface area (Å²) in [5.74, 6) is 0. The molecule has 0 aliphatic rings. The lowest BCUT2D eigenvalue weighted by atomic mass is 10.5. The molecule has 0 aromatic carbocycles. The van der Waals surface area contributed by atoms with Crippen LogP contribution in [0.15, 0.2) is 0 Å². The van der Waals surface area contributed by atoms with E-state index in [1.54, 1.807) is 0 Å². The van der Waals surface area contributed by atoms with E-state index < -0.39 is 0 Å². The highest BCUT2D eigenvalue weighted by molar-refractivity contribution is 7.11. The van der Waals surface area contributed by atoms with Crippen molar-refractivity contribution >= 4 is 11.3 Å². The molecular formula is C6H7N3S. The summed E-state index contributed by atoms with van der Waals surface area (Å²) in [6.07, 6.45) is 1.29. The topological polar surface area (TPSA) is 49.6 Å². The van der Waals surface area contributed by atoms with Gasteiger partial charge in [0, 0.05) is 0 Å². The molecule has 1 rings (SSSR count). The molecule has 0 N–H and O–H groups in total. The summed E-state index contributed by atoms with van der Waals surface area (Å²) < 4.78 is 0. The third kappa shape index (κ3) is 1.52. The van der Waals surface area contributed by atoms with Crippen molar-refractivity contribution in [2.45, 2.75) is 19.8 Å². The zero-order valence-corrected chi connectivity index (χ0v) is 6.48. The molecule has 0 fully saturated rings. The van der Waals surface area contributed by atoms with E-state index in [1.165, 1.54) is 11.3 Å². The average molecular weight is 153 g/mol. The largest absolute Gasteiger partial charge is 0.198 e. The Kier molecular flexibility index (Phi) is 2.35. The zero-order valence-electron chi connectivity index (χ0n) is 5.66. The number of aryl methyl sites for hydroxylation is 1. The number of rotatable bonds is 2. The standard InChI is InChI=1S/C6H7N3S/c1-2-5-8-9-6(10-5)3-4-7/h2-3H2,1H3. The van der Waals surface area contributed by atoms with Crippen molar-refractivity contribution in [2.24, 2.45) is 0 Å². The third-order valence-corrected chi connectivity index (χ3v) is 2.11. The molecule has 0 saturated heterocycles. The summed E-state index contributed by atoms with van der Waals surface area (Å²) in [5, 5.41) is 17.8. The van der Waals surface area contributed by atoms with Gasteiger partial charge in [0.1, 0.15) is 10.0 Å². The maximum atomic E-state index is 8.29. The molecule has 1 aromatic heterocycles. The van der Waals surface area contributed by atoms with Gasteiger partial charge in [0.25, 0.3) is 0 Å². The Morgan fingerprint density at radius 1 is 1.50 bits per heavy atom. The van der Waals surface area contributed by atoms with Gasteiger partial charge in [-0.3, -0.25) is 0 Å². The highest BCUT2D eigenvalue weighted by Crippen LogP contribution is 2.09. The maximum Gasteiger partial charge on any atom is 0.131 e. The van der Waals surface area contributed by atoms with Crippen molar-refractivity contribution in [3.05, 3.63) is 10.0 Å².